The summed E-state index contributed by atoms with van der Waals surface area (Å²) in [5.41, 5.74) is 7.99. The fourth-order valence-electron chi connectivity index (χ4n) is 8.85. The van der Waals surface area contributed by atoms with E-state index in [9.17, 15) is 16.8 Å². The van der Waals surface area contributed by atoms with Crippen LogP contribution in [0.5, 0.6) is 0 Å². The molecule has 59 heavy (non-hydrogen) atoms. The molecule has 12 heteroatoms. The van der Waals surface area contributed by atoms with Gasteiger partial charge in [-0.1, -0.05) is 84.9 Å². The molecule has 2 fully saturated rings. The first kappa shape index (κ1) is 37.1. The first-order chi connectivity index (χ1) is 28.7. The maximum absolute atomic E-state index is 12.4. The Kier molecular flexibility index (Phi) is 9.33. The number of fused-ring (bicyclic) bond motifs is 6. The molecular weight excluding hydrogens is 777 g/mol. The van der Waals surface area contributed by atoms with E-state index < -0.39 is 19.7 Å². The van der Waals surface area contributed by atoms with Gasteiger partial charge in [-0.25, -0.2) is 16.8 Å². The number of hydrogen-bond donors (Lipinski definition) is 0. The normalized spacial score (nSPS) is 18.9. The number of hydrazone groups is 2. The second-order valence-electron chi connectivity index (χ2n) is 15.5. The van der Waals surface area contributed by atoms with Crippen molar-refractivity contribution in [2.24, 2.45) is 10.2 Å². The van der Waals surface area contributed by atoms with E-state index in [1.54, 1.807) is 0 Å². The van der Waals surface area contributed by atoms with Crippen LogP contribution >= 0.6 is 0 Å². The predicted molar refractivity (Wildman–Crippen MR) is 241 cm³/mol. The van der Waals surface area contributed by atoms with Crippen LogP contribution in [0.2, 0.25) is 0 Å². The zero-order valence-electron chi connectivity index (χ0n) is 32.2. The lowest BCUT2D eigenvalue weighted by molar-refractivity contribution is 0.598. The number of benzene rings is 6. The highest BCUT2D eigenvalue weighted by Crippen LogP contribution is 2.34. The summed E-state index contributed by atoms with van der Waals surface area (Å²) in [6.45, 7) is 0.574. The van der Waals surface area contributed by atoms with Gasteiger partial charge in [-0.3, -0.25) is 10.0 Å². The Morgan fingerprint density at radius 3 is 1.29 bits per heavy atom. The van der Waals surface area contributed by atoms with Crippen LogP contribution < -0.4 is 10.0 Å². The topological polar surface area (TPSA) is 109 Å². The molecule has 4 heterocycles. The third-order valence-corrected chi connectivity index (χ3v) is 15.2. The first-order valence-corrected chi connectivity index (χ1v) is 23.5. The van der Waals surface area contributed by atoms with Crippen molar-refractivity contribution in [2.75, 3.05) is 33.0 Å². The SMILES string of the molecule is O=S1(=O)CCC(N(/N=C\c2ccc3c(c2)c2ccccc2n3Cn2c3ccccc3c3cc(/C=N\N(c4ccccc4)C4CCS(=O)(=O)C4)ccc32)c2ccccc2)C1. The average molecular weight is 819 g/mol. The third kappa shape index (κ3) is 7.16. The van der Waals surface area contributed by atoms with Gasteiger partial charge in [0.2, 0.25) is 0 Å². The minimum atomic E-state index is -3.10. The van der Waals surface area contributed by atoms with Crippen molar-refractivity contribution in [3.05, 3.63) is 157 Å². The molecule has 2 unspecified atom stereocenters. The van der Waals surface area contributed by atoms with Crippen LogP contribution in [0.4, 0.5) is 11.4 Å². The molecule has 2 aromatic heterocycles. The van der Waals surface area contributed by atoms with Crippen molar-refractivity contribution in [1.82, 2.24) is 9.13 Å². The molecule has 8 aromatic rings. The first-order valence-electron chi connectivity index (χ1n) is 19.9. The van der Waals surface area contributed by atoms with E-state index in [1.807, 2.05) is 83.1 Å². The average Bonchev–Trinajstić information content (AvgIpc) is 3.99. The molecule has 0 bridgehead atoms. The fraction of sp³-hybridized carbons (Fsp3) is 0.191. The molecule has 0 radical (unpaired) electrons. The lowest BCUT2D eigenvalue weighted by atomic mass is 10.1. The number of hydrogen-bond acceptors (Lipinski definition) is 8. The Hall–Kier alpha value is -6.24. The minimum absolute atomic E-state index is 0.0882. The summed E-state index contributed by atoms with van der Waals surface area (Å²) < 4.78 is 54.5. The Bertz CT molecular complexity index is 2950. The molecule has 2 saturated heterocycles. The van der Waals surface area contributed by atoms with Gasteiger partial charge in [0, 0.05) is 21.5 Å². The smallest absolute Gasteiger partial charge is 0.152 e. The summed E-state index contributed by atoms with van der Waals surface area (Å²) in [7, 11) is -6.20. The highest BCUT2D eigenvalue weighted by Gasteiger charge is 2.34. The van der Waals surface area contributed by atoms with Gasteiger partial charge in [-0.05, 0) is 84.6 Å². The van der Waals surface area contributed by atoms with Gasteiger partial charge >= 0.3 is 0 Å². The molecule has 0 spiro atoms. The molecule has 2 atom stereocenters. The number of aromatic nitrogens is 2. The molecule has 0 saturated carbocycles. The highest BCUT2D eigenvalue weighted by molar-refractivity contribution is 7.92. The molecule has 2 aliphatic heterocycles. The van der Waals surface area contributed by atoms with E-state index in [0.29, 0.717) is 19.5 Å². The Balaban J connectivity index is 1.01. The van der Waals surface area contributed by atoms with Crippen LogP contribution in [-0.2, 0) is 26.3 Å². The largest absolute Gasteiger partial charge is 0.322 e. The zero-order valence-corrected chi connectivity index (χ0v) is 33.9. The molecular formula is C47H42N6O4S2. The molecule has 10 nitrogen and oxygen atoms in total. The summed E-state index contributed by atoms with van der Waals surface area (Å²) in [6.07, 6.45) is 4.76. The van der Waals surface area contributed by atoms with E-state index in [2.05, 4.69) is 94.1 Å². The zero-order chi connectivity index (χ0) is 40.1. The maximum atomic E-state index is 12.4. The molecule has 0 amide bonds. The molecule has 0 aliphatic carbocycles. The molecule has 10 rings (SSSR count). The molecule has 6 aromatic carbocycles. The van der Waals surface area contributed by atoms with Crippen LogP contribution in [0.25, 0.3) is 43.6 Å². The van der Waals surface area contributed by atoms with E-state index in [1.165, 1.54) is 0 Å². The van der Waals surface area contributed by atoms with Gasteiger partial charge in [0.05, 0.1) is 81.0 Å². The maximum Gasteiger partial charge on any atom is 0.152 e. The Labute approximate surface area is 343 Å². The monoisotopic (exact) mass is 818 g/mol. The van der Waals surface area contributed by atoms with Crippen molar-refractivity contribution in [1.29, 1.82) is 0 Å². The number of anilines is 2. The van der Waals surface area contributed by atoms with Gasteiger partial charge in [0.1, 0.15) is 6.67 Å². The van der Waals surface area contributed by atoms with Crippen LogP contribution in [-0.4, -0.2) is 73.5 Å². The van der Waals surface area contributed by atoms with Crippen LogP contribution in [0, 0.1) is 0 Å². The molecule has 0 N–H and O–H groups in total. The second kappa shape index (κ2) is 14.9. The summed E-state index contributed by atoms with van der Waals surface area (Å²) >= 11 is 0. The summed E-state index contributed by atoms with van der Waals surface area (Å²) in [5.74, 6) is 0.524. The summed E-state index contributed by atoms with van der Waals surface area (Å²) in [6, 6.07) is 48.8. The van der Waals surface area contributed by atoms with Crippen LogP contribution in [0.1, 0.15) is 24.0 Å². The van der Waals surface area contributed by atoms with E-state index in [0.717, 1.165) is 66.1 Å². The number of rotatable bonds is 10. The minimum Gasteiger partial charge on any atom is -0.322 e. The number of nitrogens with zero attached hydrogens (tertiary/aromatic N) is 6. The van der Waals surface area contributed by atoms with Gasteiger partial charge in [-0.2, -0.15) is 10.2 Å². The lowest BCUT2D eigenvalue weighted by Crippen LogP contribution is -2.31. The molecule has 2 aliphatic rings. The van der Waals surface area contributed by atoms with Crippen LogP contribution in [0.3, 0.4) is 0 Å². The van der Waals surface area contributed by atoms with E-state index >= 15 is 0 Å². The predicted octanol–water partition coefficient (Wildman–Crippen LogP) is 8.46. The Morgan fingerprint density at radius 1 is 0.492 bits per heavy atom. The molecule has 296 valence electrons. The van der Waals surface area contributed by atoms with E-state index in [4.69, 9.17) is 10.2 Å². The Morgan fingerprint density at radius 2 is 0.881 bits per heavy atom. The van der Waals surface area contributed by atoms with E-state index in [-0.39, 0.29) is 35.1 Å². The summed E-state index contributed by atoms with van der Waals surface area (Å²) in [5, 5.41) is 18.0. The van der Waals surface area contributed by atoms with Gasteiger partial charge in [0.15, 0.2) is 19.7 Å². The second-order valence-corrected chi connectivity index (χ2v) is 20.0. The lowest BCUT2D eigenvalue weighted by Gasteiger charge is -2.25. The van der Waals surface area contributed by atoms with Gasteiger partial charge in [0.25, 0.3) is 0 Å². The van der Waals surface area contributed by atoms with Crippen molar-refractivity contribution in [3.8, 4) is 0 Å². The van der Waals surface area contributed by atoms with Crippen molar-refractivity contribution < 1.29 is 16.8 Å². The number of sulfone groups is 2. The van der Waals surface area contributed by atoms with Crippen LogP contribution in [0.15, 0.2) is 156 Å². The number of para-hydroxylation sites is 4. The third-order valence-electron chi connectivity index (χ3n) is 11.7. The van der Waals surface area contributed by atoms with Crippen molar-refractivity contribution >= 4 is 87.1 Å². The van der Waals surface area contributed by atoms with Gasteiger partial charge < -0.3 is 9.13 Å². The fourth-order valence-corrected chi connectivity index (χ4v) is 12.2. The van der Waals surface area contributed by atoms with Crippen molar-refractivity contribution in [3.63, 3.8) is 0 Å². The van der Waals surface area contributed by atoms with Crippen molar-refractivity contribution in [2.45, 2.75) is 31.6 Å². The highest BCUT2D eigenvalue weighted by atomic mass is 32.2. The van der Waals surface area contributed by atoms with Gasteiger partial charge in [-0.15, -0.1) is 0 Å². The quantitative estimate of drug-likeness (QED) is 0.101. The standard InChI is InChI=1S/C47H42N6O4S2/c54-58(55)25-23-38(31-58)52(36-11-3-1-4-12-36)48-29-34-19-21-46-42(27-34)40-15-7-9-17-44(40)50(46)33-51-45-18-10-8-16-41(45)43-28-35(20-22-47(43)51)30-49-53(37-13-5-2-6-14-37)39-24-26-59(56,57)32-39/h1-22,27-30,38-39H,23-26,31-33H2/b48-29-,49-30-. The summed E-state index contributed by atoms with van der Waals surface area (Å²) in [4.78, 5) is 0.